The molecule has 0 radical (unpaired) electrons. The third kappa shape index (κ3) is 5.10. The van der Waals surface area contributed by atoms with Crippen molar-refractivity contribution in [1.29, 1.82) is 0 Å². The van der Waals surface area contributed by atoms with Crippen molar-refractivity contribution in [2.45, 2.75) is 52.5 Å². The lowest BCUT2D eigenvalue weighted by Gasteiger charge is -2.32. The summed E-state index contributed by atoms with van der Waals surface area (Å²) in [7, 11) is 0. The first-order valence-corrected chi connectivity index (χ1v) is 10.9. The number of hydrogen-bond donors (Lipinski definition) is 1. The highest BCUT2D eigenvalue weighted by Crippen LogP contribution is 2.33. The van der Waals surface area contributed by atoms with Crippen LogP contribution in [0, 0.1) is 11.8 Å². The van der Waals surface area contributed by atoms with E-state index in [9.17, 15) is 14.4 Å². The van der Waals surface area contributed by atoms with Gasteiger partial charge in [-0.25, -0.2) is 0 Å². The molecule has 2 aliphatic rings. The Morgan fingerprint density at radius 3 is 2.55 bits per heavy atom. The summed E-state index contributed by atoms with van der Waals surface area (Å²) >= 11 is 6.27. The molecule has 1 aliphatic heterocycles. The van der Waals surface area contributed by atoms with Gasteiger partial charge in [0, 0.05) is 37.3 Å². The van der Waals surface area contributed by atoms with Gasteiger partial charge in [-0.15, -0.1) is 0 Å². The Morgan fingerprint density at radius 1 is 1.21 bits per heavy atom. The average Bonchev–Trinajstić information content (AvgIpc) is 3.54. The quantitative estimate of drug-likeness (QED) is 0.762. The van der Waals surface area contributed by atoms with Crippen LogP contribution < -0.4 is 5.32 Å². The molecule has 158 valence electrons. The lowest BCUT2D eigenvalue weighted by Crippen LogP contribution is -2.44. The summed E-state index contributed by atoms with van der Waals surface area (Å²) in [4.78, 5) is 41.6. The summed E-state index contributed by atoms with van der Waals surface area (Å²) in [6.45, 7) is 7.63. The third-order valence-corrected chi connectivity index (χ3v) is 6.05. The van der Waals surface area contributed by atoms with E-state index in [1.165, 1.54) is 0 Å². The van der Waals surface area contributed by atoms with Gasteiger partial charge >= 0.3 is 0 Å². The normalized spacial score (nSPS) is 19.2. The fourth-order valence-corrected chi connectivity index (χ4v) is 4.09. The molecule has 3 amide bonds. The second-order valence-electron chi connectivity index (χ2n) is 8.27. The van der Waals surface area contributed by atoms with Crippen LogP contribution >= 0.6 is 11.6 Å². The Morgan fingerprint density at radius 2 is 1.93 bits per heavy atom. The van der Waals surface area contributed by atoms with Crippen LogP contribution in [0.1, 0.15) is 56.8 Å². The number of carbonyl (C=O) groups is 3. The van der Waals surface area contributed by atoms with Crippen LogP contribution in [0.4, 0.5) is 5.69 Å². The van der Waals surface area contributed by atoms with E-state index in [0.717, 1.165) is 32.2 Å². The third-order valence-electron chi connectivity index (χ3n) is 5.72. The molecule has 0 bridgehead atoms. The van der Waals surface area contributed by atoms with Gasteiger partial charge in [0.05, 0.1) is 16.5 Å². The Kier molecular flexibility index (Phi) is 6.83. The number of nitrogens with zero attached hydrogens (tertiary/aromatic N) is 2. The first-order chi connectivity index (χ1) is 13.8. The SMILES string of the molecule is CCN(C(=O)c1cc(NC(=O)C2CCCN(C(=O)C3CC3)C2)ccc1Cl)C(C)C. The van der Waals surface area contributed by atoms with E-state index in [1.54, 1.807) is 23.1 Å². The number of benzene rings is 1. The molecule has 1 heterocycles. The Labute approximate surface area is 177 Å². The molecule has 7 heteroatoms. The summed E-state index contributed by atoms with van der Waals surface area (Å²) < 4.78 is 0. The first kappa shape index (κ1) is 21.6. The molecule has 3 rings (SSSR count). The number of piperidine rings is 1. The topological polar surface area (TPSA) is 69.7 Å². The predicted octanol–water partition coefficient (Wildman–Crippen LogP) is 3.80. The molecule has 1 N–H and O–H groups in total. The molecule has 0 spiro atoms. The van der Waals surface area contributed by atoms with Crippen molar-refractivity contribution >= 4 is 35.0 Å². The molecule has 1 aliphatic carbocycles. The zero-order chi connectivity index (χ0) is 21.1. The number of likely N-dealkylation sites (tertiary alicyclic amines) is 1. The molecule has 29 heavy (non-hydrogen) atoms. The van der Waals surface area contributed by atoms with Crippen LogP contribution in [-0.4, -0.2) is 53.2 Å². The van der Waals surface area contributed by atoms with Gasteiger partial charge in [0.25, 0.3) is 5.91 Å². The number of hydrogen-bond acceptors (Lipinski definition) is 3. The minimum Gasteiger partial charge on any atom is -0.342 e. The predicted molar refractivity (Wildman–Crippen MR) is 114 cm³/mol. The zero-order valence-corrected chi connectivity index (χ0v) is 18.2. The lowest BCUT2D eigenvalue weighted by molar-refractivity contribution is -0.135. The maximum absolute atomic E-state index is 12.9. The number of nitrogens with one attached hydrogen (secondary N) is 1. The standard InChI is InChI=1S/C22H30ClN3O3/c1-4-26(14(2)3)22(29)18-12-17(9-10-19(18)23)24-20(27)16-6-5-11-25(13-16)21(28)15-7-8-15/h9-10,12,14-16H,4-8,11,13H2,1-3H3,(H,24,27). The van der Waals surface area contributed by atoms with Crippen LogP contribution in [0.5, 0.6) is 0 Å². The summed E-state index contributed by atoms with van der Waals surface area (Å²) in [5.74, 6) is -0.138. The van der Waals surface area contributed by atoms with Gasteiger partial charge in [-0.2, -0.15) is 0 Å². The van der Waals surface area contributed by atoms with Crippen molar-refractivity contribution in [2.75, 3.05) is 25.0 Å². The van der Waals surface area contributed by atoms with E-state index in [2.05, 4.69) is 5.32 Å². The van der Waals surface area contributed by atoms with E-state index in [4.69, 9.17) is 11.6 Å². The number of amides is 3. The van der Waals surface area contributed by atoms with Gasteiger partial charge < -0.3 is 15.1 Å². The molecule has 6 nitrogen and oxygen atoms in total. The number of anilines is 1. The van der Waals surface area contributed by atoms with Crippen molar-refractivity contribution in [2.24, 2.45) is 11.8 Å². The molecule has 1 aromatic rings. The minimum absolute atomic E-state index is 0.0547. The summed E-state index contributed by atoms with van der Waals surface area (Å²) in [5.41, 5.74) is 0.933. The fraction of sp³-hybridized carbons (Fsp3) is 0.591. The van der Waals surface area contributed by atoms with Crippen LogP contribution in [0.2, 0.25) is 5.02 Å². The lowest BCUT2D eigenvalue weighted by atomic mass is 9.96. The van der Waals surface area contributed by atoms with E-state index in [-0.39, 0.29) is 35.6 Å². The summed E-state index contributed by atoms with van der Waals surface area (Å²) in [6.07, 6.45) is 3.54. The monoisotopic (exact) mass is 419 g/mol. The van der Waals surface area contributed by atoms with Gasteiger partial charge in [0.1, 0.15) is 0 Å². The van der Waals surface area contributed by atoms with Gasteiger partial charge in [-0.05, 0) is 64.7 Å². The molecular formula is C22H30ClN3O3. The molecule has 1 saturated carbocycles. The minimum atomic E-state index is -0.232. The highest BCUT2D eigenvalue weighted by Gasteiger charge is 2.36. The average molecular weight is 420 g/mol. The van der Waals surface area contributed by atoms with Crippen LogP contribution in [0.25, 0.3) is 0 Å². The largest absolute Gasteiger partial charge is 0.342 e. The molecule has 1 unspecified atom stereocenters. The van der Waals surface area contributed by atoms with Crippen molar-refractivity contribution in [3.8, 4) is 0 Å². The Bertz CT molecular complexity index is 792. The van der Waals surface area contributed by atoms with Crippen LogP contribution in [-0.2, 0) is 9.59 Å². The zero-order valence-electron chi connectivity index (χ0n) is 17.4. The number of rotatable bonds is 6. The maximum Gasteiger partial charge on any atom is 0.255 e. The van der Waals surface area contributed by atoms with E-state index in [1.807, 2.05) is 25.7 Å². The van der Waals surface area contributed by atoms with Gasteiger partial charge in [-0.3, -0.25) is 14.4 Å². The van der Waals surface area contributed by atoms with Crippen LogP contribution in [0.15, 0.2) is 18.2 Å². The molecule has 0 aromatic heterocycles. The smallest absolute Gasteiger partial charge is 0.255 e. The van der Waals surface area contributed by atoms with Crippen molar-refractivity contribution in [3.63, 3.8) is 0 Å². The van der Waals surface area contributed by atoms with Gasteiger partial charge in [0.15, 0.2) is 0 Å². The van der Waals surface area contributed by atoms with Crippen LogP contribution in [0.3, 0.4) is 0 Å². The van der Waals surface area contributed by atoms with Gasteiger partial charge in [-0.1, -0.05) is 11.6 Å². The van der Waals surface area contributed by atoms with E-state index < -0.39 is 0 Å². The Balaban J connectivity index is 1.68. The molecule has 1 saturated heterocycles. The number of halogens is 1. The second-order valence-corrected chi connectivity index (χ2v) is 8.67. The van der Waals surface area contributed by atoms with Crippen molar-refractivity contribution in [1.82, 2.24) is 9.80 Å². The number of carbonyl (C=O) groups excluding carboxylic acids is 3. The molecule has 1 atom stereocenters. The first-order valence-electron chi connectivity index (χ1n) is 10.5. The molecular weight excluding hydrogens is 390 g/mol. The van der Waals surface area contributed by atoms with E-state index >= 15 is 0 Å². The Hall–Kier alpha value is -2.08. The van der Waals surface area contributed by atoms with Crippen molar-refractivity contribution < 1.29 is 14.4 Å². The summed E-state index contributed by atoms with van der Waals surface area (Å²) in [6, 6.07) is 5.05. The highest BCUT2D eigenvalue weighted by molar-refractivity contribution is 6.34. The molecule has 1 aromatic carbocycles. The maximum atomic E-state index is 12.9. The summed E-state index contributed by atoms with van der Waals surface area (Å²) in [5, 5.41) is 3.28. The van der Waals surface area contributed by atoms with E-state index in [0.29, 0.717) is 29.4 Å². The fourth-order valence-electron chi connectivity index (χ4n) is 3.89. The second kappa shape index (κ2) is 9.16. The van der Waals surface area contributed by atoms with Gasteiger partial charge in [0.2, 0.25) is 11.8 Å². The van der Waals surface area contributed by atoms with Crippen molar-refractivity contribution in [3.05, 3.63) is 28.8 Å². The molecule has 2 fully saturated rings. The highest BCUT2D eigenvalue weighted by atomic mass is 35.5.